The van der Waals surface area contributed by atoms with E-state index < -0.39 is 0 Å². The smallest absolute Gasteiger partial charge is 0.220 e. The molecule has 0 bridgehead atoms. The van der Waals surface area contributed by atoms with Gasteiger partial charge in [0.2, 0.25) is 5.91 Å². The zero-order chi connectivity index (χ0) is 9.23. The van der Waals surface area contributed by atoms with Crippen LogP contribution in [0.15, 0.2) is 12.7 Å². The van der Waals surface area contributed by atoms with Gasteiger partial charge in [-0.05, 0) is 24.9 Å². The van der Waals surface area contributed by atoms with Crippen molar-refractivity contribution < 1.29 is 4.79 Å². The van der Waals surface area contributed by atoms with Gasteiger partial charge < -0.3 is 5.32 Å². The third-order valence-electron chi connectivity index (χ3n) is 1.42. The van der Waals surface area contributed by atoms with Gasteiger partial charge in [-0.2, -0.15) is 11.8 Å². The Morgan fingerprint density at radius 1 is 1.67 bits per heavy atom. The van der Waals surface area contributed by atoms with Gasteiger partial charge in [0.25, 0.3) is 0 Å². The Bertz CT molecular complexity index is 136. The molecule has 70 valence electrons. The standard InChI is InChI=1S/C9H17NOS/c1-3-4-6-9(11)10-7-5-8-12-2/h3H,1,4-8H2,2H3,(H,10,11). The number of amides is 1. The molecule has 0 spiro atoms. The van der Waals surface area contributed by atoms with E-state index in [0.29, 0.717) is 6.42 Å². The van der Waals surface area contributed by atoms with Crippen LogP contribution in [0, 0.1) is 0 Å². The van der Waals surface area contributed by atoms with Gasteiger partial charge >= 0.3 is 0 Å². The molecule has 0 fully saturated rings. The van der Waals surface area contributed by atoms with Crippen LogP contribution >= 0.6 is 11.8 Å². The number of hydrogen-bond acceptors (Lipinski definition) is 2. The fourth-order valence-corrected chi connectivity index (χ4v) is 1.20. The molecule has 0 aromatic heterocycles. The minimum atomic E-state index is 0.135. The Labute approximate surface area is 78.8 Å². The van der Waals surface area contributed by atoms with E-state index >= 15 is 0 Å². The number of carbonyl (C=O) groups is 1. The van der Waals surface area contributed by atoms with Crippen LogP contribution in [0.5, 0.6) is 0 Å². The van der Waals surface area contributed by atoms with Crippen molar-refractivity contribution in [2.75, 3.05) is 18.6 Å². The van der Waals surface area contributed by atoms with Gasteiger partial charge in [-0.1, -0.05) is 6.08 Å². The van der Waals surface area contributed by atoms with Crippen molar-refractivity contribution in [1.82, 2.24) is 5.32 Å². The van der Waals surface area contributed by atoms with Crippen LogP contribution in [0.25, 0.3) is 0 Å². The summed E-state index contributed by atoms with van der Waals surface area (Å²) in [4.78, 5) is 11.0. The summed E-state index contributed by atoms with van der Waals surface area (Å²) < 4.78 is 0. The molecule has 12 heavy (non-hydrogen) atoms. The Kier molecular flexibility index (Phi) is 8.34. The molecule has 1 N–H and O–H groups in total. The lowest BCUT2D eigenvalue weighted by Crippen LogP contribution is -2.24. The summed E-state index contributed by atoms with van der Waals surface area (Å²) in [5.74, 6) is 1.25. The first-order valence-electron chi connectivity index (χ1n) is 4.17. The predicted octanol–water partition coefficient (Wildman–Crippen LogP) is 1.82. The topological polar surface area (TPSA) is 29.1 Å². The molecule has 0 aromatic carbocycles. The first kappa shape index (κ1) is 11.6. The van der Waals surface area contributed by atoms with E-state index in [4.69, 9.17) is 0 Å². The highest BCUT2D eigenvalue weighted by molar-refractivity contribution is 7.98. The van der Waals surface area contributed by atoms with Crippen molar-refractivity contribution in [3.05, 3.63) is 12.7 Å². The van der Waals surface area contributed by atoms with Crippen LogP contribution < -0.4 is 5.32 Å². The van der Waals surface area contributed by atoms with E-state index in [1.165, 1.54) is 0 Å². The van der Waals surface area contributed by atoms with Crippen LogP contribution in [-0.2, 0) is 4.79 Å². The summed E-state index contributed by atoms with van der Waals surface area (Å²) in [6, 6.07) is 0. The lowest BCUT2D eigenvalue weighted by molar-refractivity contribution is -0.120. The number of thioether (sulfide) groups is 1. The number of nitrogens with one attached hydrogen (secondary N) is 1. The van der Waals surface area contributed by atoms with Gasteiger partial charge in [-0.25, -0.2) is 0 Å². The average molecular weight is 187 g/mol. The molecule has 0 rings (SSSR count). The Morgan fingerprint density at radius 2 is 2.42 bits per heavy atom. The summed E-state index contributed by atoms with van der Waals surface area (Å²) >= 11 is 1.80. The second-order valence-electron chi connectivity index (χ2n) is 2.52. The molecule has 0 unspecified atom stereocenters. The summed E-state index contributed by atoms with van der Waals surface area (Å²) in [7, 11) is 0. The second-order valence-corrected chi connectivity index (χ2v) is 3.51. The summed E-state index contributed by atoms with van der Waals surface area (Å²) in [6.07, 6.45) is 6.24. The molecule has 0 atom stereocenters. The Balaban J connectivity index is 3.13. The average Bonchev–Trinajstić information content (AvgIpc) is 2.09. The van der Waals surface area contributed by atoms with Crippen molar-refractivity contribution >= 4 is 17.7 Å². The second kappa shape index (κ2) is 8.65. The molecule has 0 aromatic rings. The molecular formula is C9H17NOS. The normalized spacial score (nSPS) is 9.42. The molecule has 1 amide bonds. The lowest BCUT2D eigenvalue weighted by atomic mass is 10.3. The van der Waals surface area contributed by atoms with Gasteiger partial charge in [-0.3, -0.25) is 4.79 Å². The fraction of sp³-hybridized carbons (Fsp3) is 0.667. The monoisotopic (exact) mass is 187 g/mol. The summed E-state index contributed by atoms with van der Waals surface area (Å²) in [5.41, 5.74) is 0. The van der Waals surface area contributed by atoms with Gasteiger partial charge in [-0.15, -0.1) is 6.58 Å². The Morgan fingerprint density at radius 3 is 3.00 bits per heavy atom. The first-order chi connectivity index (χ1) is 5.81. The lowest BCUT2D eigenvalue weighted by Gasteiger charge is -2.02. The van der Waals surface area contributed by atoms with Crippen LogP contribution in [0.2, 0.25) is 0 Å². The molecule has 0 aliphatic heterocycles. The van der Waals surface area contributed by atoms with Gasteiger partial charge in [0, 0.05) is 13.0 Å². The van der Waals surface area contributed by atoms with Gasteiger partial charge in [0.1, 0.15) is 0 Å². The zero-order valence-electron chi connectivity index (χ0n) is 7.64. The van der Waals surface area contributed by atoms with E-state index in [-0.39, 0.29) is 5.91 Å². The van der Waals surface area contributed by atoms with E-state index in [1.807, 2.05) is 0 Å². The van der Waals surface area contributed by atoms with Crippen LogP contribution in [-0.4, -0.2) is 24.5 Å². The molecule has 0 heterocycles. The quantitative estimate of drug-likeness (QED) is 0.486. The third-order valence-corrected chi connectivity index (χ3v) is 2.12. The van der Waals surface area contributed by atoms with Crippen molar-refractivity contribution in [1.29, 1.82) is 0 Å². The maximum absolute atomic E-state index is 11.0. The first-order valence-corrected chi connectivity index (χ1v) is 5.57. The van der Waals surface area contributed by atoms with Gasteiger partial charge in [0.05, 0.1) is 0 Å². The van der Waals surface area contributed by atoms with E-state index in [9.17, 15) is 4.79 Å². The molecule has 0 saturated heterocycles. The number of hydrogen-bond donors (Lipinski definition) is 1. The van der Waals surface area contributed by atoms with Crippen LogP contribution in [0.3, 0.4) is 0 Å². The largest absolute Gasteiger partial charge is 0.356 e. The molecule has 0 radical (unpaired) electrons. The van der Waals surface area contributed by atoms with E-state index in [0.717, 1.165) is 25.1 Å². The molecule has 3 heteroatoms. The highest BCUT2D eigenvalue weighted by atomic mass is 32.2. The summed E-state index contributed by atoms with van der Waals surface area (Å²) in [5, 5.41) is 2.85. The molecule has 0 saturated carbocycles. The molecule has 2 nitrogen and oxygen atoms in total. The number of allylic oxidation sites excluding steroid dienone is 1. The molecule has 0 aliphatic carbocycles. The van der Waals surface area contributed by atoms with Crippen molar-refractivity contribution in [3.63, 3.8) is 0 Å². The molecular weight excluding hydrogens is 170 g/mol. The van der Waals surface area contributed by atoms with Crippen molar-refractivity contribution in [2.24, 2.45) is 0 Å². The van der Waals surface area contributed by atoms with Crippen molar-refractivity contribution in [3.8, 4) is 0 Å². The molecule has 0 aliphatic rings. The maximum Gasteiger partial charge on any atom is 0.220 e. The van der Waals surface area contributed by atoms with Crippen LogP contribution in [0.4, 0.5) is 0 Å². The predicted molar refractivity (Wildman–Crippen MR) is 55.4 cm³/mol. The van der Waals surface area contributed by atoms with Crippen LogP contribution in [0.1, 0.15) is 19.3 Å². The summed E-state index contributed by atoms with van der Waals surface area (Å²) in [6.45, 7) is 4.36. The number of rotatable bonds is 7. The third kappa shape index (κ3) is 7.66. The maximum atomic E-state index is 11.0. The SMILES string of the molecule is C=CCCC(=O)NCCCSC. The van der Waals surface area contributed by atoms with Gasteiger partial charge in [0.15, 0.2) is 0 Å². The zero-order valence-corrected chi connectivity index (χ0v) is 8.45. The highest BCUT2D eigenvalue weighted by Crippen LogP contribution is 1.94. The minimum Gasteiger partial charge on any atom is -0.356 e. The minimum absolute atomic E-state index is 0.135. The Hall–Kier alpha value is -0.440. The fourth-order valence-electron chi connectivity index (χ4n) is 0.766. The number of carbonyl (C=O) groups excluding carboxylic acids is 1. The van der Waals surface area contributed by atoms with E-state index in [2.05, 4.69) is 18.2 Å². The highest BCUT2D eigenvalue weighted by Gasteiger charge is 1.96. The van der Waals surface area contributed by atoms with Crippen molar-refractivity contribution in [2.45, 2.75) is 19.3 Å². The van der Waals surface area contributed by atoms with E-state index in [1.54, 1.807) is 17.8 Å².